The molecule has 0 aromatic rings. The maximum atomic E-state index is 4.15. The summed E-state index contributed by atoms with van der Waals surface area (Å²) in [5, 5.41) is 0. The van der Waals surface area contributed by atoms with Gasteiger partial charge in [-0.05, 0) is 50.0 Å². The SMILES string of the molecule is C=C/C(C)=C(\C=C/C)/C=C(/C)C(=C)/C(C)=N/C. The second kappa shape index (κ2) is 7.61. The third-order valence-electron chi connectivity index (χ3n) is 2.73. The van der Waals surface area contributed by atoms with Crippen molar-refractivity contribution in [1.29, 1.82) is 0 Å². The smallest absolute Gasteiger partial charge is 0.0382 e. The van der Waals surface area contributed by atoms with Crippen molar-refractivity contribution in [1.82, 2.24) is 0 Å². The highest BCUT2D eigenvalue weighted by Gasteiger charge is 2.01. The monoisotopic (exact) mass is 229 g/mol. The Labute approximate surface area is 106 Å². The third kappa shape index (κ3) is 4.81. The predicted molar refractivity (Wildman–Crippen MR) is 79.6 cm³/mol. The summed E-state index contributed by atoms with van der Waals surface area (Å²) in [4.78, 5) is 4.15. The maximum absolute atomic E-state index is 4.15. The van der Waals surface area contributed by atoms with E-state index in [2.05, 4.69) is 44.1 Å². The Balaban J connectivity index is 5.37. The van der Waals surface area contributed by atoms with Crippen LogP contribution in [0.4, 0.5) is 0 Å². The number of hydrogen-bond donors (Lipinski definition) is 0. The molecule has 0 rings (SSSR count). The topological polar surface area (TPSA) is 12.4 Å². The van der Waals surface area contributed by atoms with Crippen molar-refractivity contribution < 1.29 is 0 Å². The van der Waals surface area contributed by atoms with Gasteiger partial charge in [-0.1, -0.05) is 37.5 Å². The predicted octanol–water partition coefficient (Wildman–Crippen LogP) is 4.66. The van der Waals surface area contributed by atoms with Crippen LogP contribution in [-0.2, 0) is 0 Å². The van der Waals surface area contributed by atoms with E-state index in [9.17, 15) is 0 Å². The van der Waals surface area contributed by atoms with Crippen molar-refractivity contribution in [3.05, 3.63) is 59.8 Å². The average molecular weight is 229 g/mol. The van der Waals surface area contributed by atoms with Gasteiger partial charge in [-0.15, -0.1) is 0 Å². The van der Waals surface area contributed by atoms with Crippen molar-refractivity contribution in [2.24, 2.45) is 4.99 Å². The van der Waals surface area contributed by atoms with Crippen LogP contribution in [-0.4, -0.2) is 12.8 Å². The summed E-state index contributed by atoms with van der Waals surface area (Å²) in [6.07, 6.45) is 8.08. The largest absolute Gasteiger partial charge is 0.293 e. The minimum atomic E-state index is 0.967. The van der Waals surface area contributed by atoms with Crippen molar-refractivity contribution in [3.63, 3.8) is 0 Å². The summed E-state index contributed by atoms with van der Waals surface area (Å²) < 4.78 is 0. The molecule has 0 unspecified atom stereocenters. The molecule has 0 bridgehead atoms. The van der Waals surface area contributed by atoms with E-state index < -0.39 is 0 Å². The van der Waals surface area contributed by atoms with Gasteiger partial charge in [-0.2, -0.15) is 0 Å². The molecule has 0 aliphatic carbocycles. The third-order valence-corrected chi connectivity index (χ3v) is 2.73. The fraction of sp³-hybridized carbons (Fsp3) is 0.312. The normalized spacial score (nSPS) is 14.9. The first-order chi connectivity index (χ1) is 7.97. The quantitative estimate of drug-likeness (QED) is 0.480. The Hall–Kier alpha value is -1.63. The summed E-state index contributed by atoms with van der Waals surface area (Å²) in [7, 11) is 1.78. The van der Waals surface area contributed by atoms with Crippen LogP contribution in [0, 0.1) is 0 Å². The lowest BCUT2D eigenvalue weighted by Crippen LogP contribution is -1.97. The molecule has 0 spiro atoms. The molecular formula is C16H23N. The zero-order chi connectivity index (χ0) is 13.4. The lowest BCUT2D eigenvalue weighted by Gasteiger charge is -2.07. The first kappa shape index (κ1) is 15.4. The molecule has 0 aromatic heterocycles. The van der Waals surface area contributed by atoms with E-state index in [1.54, 1.807) is 7.05 Å². The summed E-state index contributed by atoms with van der Waals surface area (Å²) >= 11 is 0. The lowest BCUT2D eigenvalue weighted by molar-refractivity contribution is 1.36. The van der Waals surface area contributed by atoms with Crippen LogP contribution < -0.4 is 0 Å². The van der Waals surface area contributed by atoms with Gasteiger partial charge >= 0.3 is 0 Å². The first-order valence-corrected chi connectivity index (χ1v) is 5.75. The van der Waals surface area contributed by atoms with Gasteiger partial charge in [-0.25, -0.2) is 0 Å². The Kier molecular flexibility index (Phi) is 6.88. The fourth-order valence-electron chi connectivity index (χ4n) is 1.33. The second-order valence-electron chi connectivity index (χ2n) is 3.96. The van der Waals surface area contributed by atoms with Crippen LogP contribution in [0.1, 0.15) is 27.7 Å². The Morgan fingerprint density at radius 1 is 1.18 bits per heavy atom. The molecule has 0 aromatic carbocycles. The highest BCUT2D eigenvalue weighted by Crippen LogP contribution is 2.16. The van der Waals surface area contributed by atoms with Gasteiger partial charge in [0.1, 0.15) is 0 Å². The molecule has 0 heterocycles. The molecule has 0 radical (unpaired) electrons. The Morgan fingerprint density at radius 2 is 1.76 bits per heavy atom. The van der Waals surface area contributed by atoms with Gasteiger partial charge in [0.25, 0.3) is 0 Å². The summed E-state index contributed by atoms with van der Waals surface area (Å²) in [5.41, 5.74) is 5.38. The van der Waals surface area contributed by atoms with E-state index >= 15 is 0 Å². The number of rotatable bonds is 5. The van der Waals surface area contributed by atoms with Gasteiger partial charge < -0.3 is 0 Å². The molecule has 0 aliphatic heterocycles. The van der Waals surface area contributed by atoms with Gasteiger partial charge in [-0.3, -0.25) is 4.99 Å². The van der Waals surface area contributed by atoms with E-state index in [4.69, 9.17) is 0 Å². The number of allylic oxidation sites excluding steroid dienone is 8. The Bertz CT molecular complexity index is 415. The lowest BCUT2D eigenvalue weighted by atomic mass is 10.00. The standard InChI is InChI=1S/C16H23N/c1-8-10-16(12(3)9-2)11-13(4)14(5)15(6)17-7/h8-11H,2,5H2,1,3-4,6-7H3/b10-8-,13-11-,16-12+,17-15+. The molecule has 17 heavy (non-hydrogen) atoms. The van der Waals surface area contributed by atoms with Crippen molar-refractivity contribution >= 4 is 5.71 Å². The molecule has 0 saturated heterocycles. The molecule has 1 heteroatoms. The molecule has 0 amide bonds. The van der Waals surface area contributed by atoms with Crippen LogP contribution in [0.25, 0.3) is 0 Å². The Morgan fingerprint density at radius 3 is 2.18 bits per heavy atom. The van der Waals surface area contributed by atoms with Gasteiger partial charge in [0.2, 0.25) is 0 Å². The first-order valence-electron chi connectivity index (χ1n) is 5.75. The highest BCUT2D eigenvalue weighted by atomic mass is 14.7. The maximum Gasteiger partial charge on any atom is 0.0382 e. The zero-order valence-corrected chi connectivity index (χ0v) is 11.7. The van der Waals surface area contributed by atoms with Gasteiger partial charge in [0.15, 0.2) is 0 Å². The van der Waals surface area contributed by atoms with E-state index in [1.807, 2.05) is 26.0 Å². The minimum absolute atomic E-state index is 0.967. The molecular weight excluding hydrogens is 206 g/mol. The van der Waals surface area contributed by atoms with Crippen LogP contribution in [0.15, 0.2) is 64.7 Å². The van der Waals surface area contributed by atoms with Gasteiger partial charge in [0, 0.05) is 12.8 Å². The highest BCUT2D eigenvalue weighted by molar-refractivity contribution is 6.01. The van der Waals surface area contributed by atoms with Crippen molar-refractivity contribution in [3.8, 4) is 0 Å². The molecule has 0 saturated carbocycles. The van der Waals surface area contributed by atoms with Crippen molar-refractivity contribution in [2.75, 3.05) is 7.05 Å². The van der Waals surface area contributed by atoms with Crippen LogP contribution in [0.3, 0.4) is 0 Å². The number of hydrogen-bond acceptors (Lipinski definition) is 1. The number of aliphatic imine (C=N–C) groups is 1. The molecule has 92 valence electrons. The molecule has 0 fully saturated rings. The van der Waals surface area contributed by atoms with Crippen LogP contribution >= 0.6 is 0 Å². The average Bonchev–Trinajstić information content (AvgIpc) is 2.35. The van der Waals surface area contributed by atoms with E-state index in [0.29, 0.717) is 0 Å². The van der Waals surface area contributed by atoms with Gasteiger partial charge in [0.05, 0.1) is 0 Å². The van der Waals surface area contributed by atoms with Crippen LogP contribution in [0.2, 0.25) is 0 Å². The fourth-order valence-corrected chi connectivity index (χ4v) is 1.33. The summed E-state index contributed by atoms with van der Waals surface area (Å²) in [6, 6.07) is 0. The second-order valence-corrected chi connectivity index (χ2v) is 3.96. The van der Waals surface area contributed by atoms with Crippen molar-refractivity contribution in [2.45, 2.75) is 27.7 Å². The minimum Gasteiger partial charge on any atom is -0.293 e. The van der Waals surface area contributed by atoms with E-state index in [1.165, 1.54) is 0 Å². The van der Waals surface area contributed by atoms with E-state index in [-0.39, 0.29) is 0 Å². The molecule has 0 atom stereocenters. The zero-order valence-electron chi connectivity index (χ0n) is 11.7. The molecule has 0 aliphatic rings. The van der Waals surface area contributed by atoms with Crippen LogP contribution in [0.5, 0.6) is 0 Å². The molecule has 1 nitrogen and oxygen atoms in total. The summed E-state index contributed by atoms with van der Waals surface area (Å²) in [5.74, 6) is 0. The van der Waals surface area contributed by atoms with E-state index in [0.717, 1.165) is 28.0 Å². The molecule has 0 N–H and O–H groups in total. The summed E-state index contributed by atoms with van der Waals surface area (Å²) in [6.45, 7) is 15.9. The number of nitrogens with zero attached hydrogens (tertiary/aromatic N) is 1.